The van der Waals surface area contributed by atoms with Gasteiger partial charge in [0.05, 0.1) is 6.04 Å². The second-order valence-electron chi connectivity index (χ2n) is 7.91. The fourth-order valence-electron chi connectivity index (χ4n) is 4.11. The van der Waals surface area contributed by atoms with E-state index < -0.39 is 0 Å². The number of nitrogens with zero attached hydrogens (tertiary/aromatic N) is 2. The number of hydrogen-bond donors (Lipinski definition) is 3. The molecule has 1 aromatic heterocycles. The van der Waals surface area contributed by atoms with Gasteiger partial charge in [0.25, 0.3) is 0 Å². The normalized spacial score (nSPS) is 21.6. The van der Waals surface area contributed by atoms with E-state index in [9.17, 15) is 9.59 Å². The fourth-order valence-corrected chi connectivity index (χ4v) is 4.11. The van der Waals surface area contributed by atoms with Crippen LogP contribution >= 0.6 is 0 Å². The van der Waals surface area contributed by atoms with Crippen molar-refractivity contribution in [3.8, 4) is 0 Å². The Bertz CT molecular complexity index is 618. The average Bonchev–Trinajstić information content (AvgIpc) is 3.40. The van der Waals surface area contributed by atoms with Crippen LogP contribution in [0.1, 0.15) is 51.4 Å². The maximum absolute atomic E-state index is 12.4. The van der Waals surface area contributed by atoms with Gasteiger partial charge in [-0.2, -0.15) is 0 Å². The lowest BCUT2D eigenvalue weighted by Gasteiger charge is -2.20. The Morgan fingerprint density at radius 3 is 2.75 bits per heavy atom. The largest absolute Gasteiger partial charge is 0.341 e. The molecule has 2 atom stereocenters. The van der Waals surface area contributed by atoms with Crippen molar-refractivity contribution in [2.45, 2.75) is 57.4 Å². The second-order valence-corrected chi connectivity index (χ2v) is 7.91. The van der Waals surface area contributed by atoms with Gasteiger partial charge in [-0.25, -0.2) is 4.79 Å². The smallest absolute Gasteiger partial charge is 0.319 e. The zero-order chi connectivity index (χ0) is 19.6. The molecule has 0 spiro atoms. The summed E-state index contributed by atoms with van der Waals surface area (Å²) >= 11 is 0. The third-order valence-electron chi connectivity index (χ3n) is 5.72. The Morgan fingerprint density at radius 1 is 1.14 bits per heavy atom. The van der Waals surface area contributed by atoms with Crippen molar-refractivity contribution in [3.63, 3.8) is 0 Å². The van der Waals surface area contributed by atoms with Crippen molar-refractivity contribution in [1.82, 2.24) is 20.5 Å². The van der Waals surface area contributed by atoms with E-state index in [2.05, 4.69) is 25.8 Å². The summed E-state index contributed by atoms with van der Waals surface area (Å²) in [7, 11) is 0. The number of likely N-dealkylation sites (tertiary alicyclic amines) is 1. The van der Waals surface area contributed by atoms with Gasteiger partial charge in [-0.3, -0.25) is 9.78 Å². The van der Waals surface area contributed by atoms with Gasteiger partial charge in [-0.05, 0) is 56.7 Å². The number of anilines is 1. The van der Waals surface area contributed by atoms with Gasteiger partial charge in [-0.1, -0.05) is 19.3 Å². The Labute approximate surface area is 167 Å². The minimum atomic E-state index is -0.168. The first-order valence-electron chi connectivity index (χ1n) is 10.7. The molecule has 2 unspecified atom stereocenters. The molecule has 28 heavy (non-hydrogen) atoms. The van der Waals surface area contributed by atoms with Gasteiger partial charge >= 0.3 is 6.03 Å². The van der Waals surface area contributed by atoms with Crippen molar-refractivity contribution in [1.29, 1.82) is 0 Å². The lowest BCUT2D eigenvalue weighted by atomic mass is 10.00. The van der Waals surface area contributed by atoms with Gasteiger partial charge in [-0.15, -0.1) is 0 Å². The fraction of sp³-hybridized carbons (Fsp3) is 0.667. The van der Waals surface area contributed by atoms with Crippen molar-refractivity contribution in [2.24, 2.45) is 5.92 Å². The van der Waals surface area contributed by atoms with Gasteiger partial charge in [0, 0.05) is 37.7 Å². The van der Waals surface area contributed by atoms with Crippen LogP contribution in [0.5, 0.6) is 0 Å². The first-order chi connectivity index (χ1) is 13.7. The Hall–Kier alpha value is -2.15. The molecule has 3 amide bonds. The maximum Gasteiger partial charge on any atom is 0.319 e. The number of amides is 3. The van der Waals surface area contributed by atoms with E-state index in [0.717, 1.165) is 57.4 Å². The predicted octanol–water partition coefficient (Wildman–Crippen LogP) is 2.75. The van der Waals surface area contributed by atoms with Gasteiger partial charge in [0.15, 0.2) is 0 Å². The van der Waals surface area contributed by atoms with Gasteiger partial charge in [0.1, 0.15) is 0 Å². The van der Waals surface area contributed by atoms with Crippen LogP contribution in [0.2, 0.25) is 0 Å². The summed E-state index contributed by atoms with van der Waals surface area (Å²) in [6.07, 6.45) is 12.3. The number of rotatable bonds is 9. The standard InChI is InChI=1S/C21H33N5O2/c27-20(19-7-5-12-23-19)26-15-10-17(16-26)6-3-1-2-4-11-24-21(28)25-18-8-13-22-14-9-18/h8-9,13-14,17,19,23H,1-7,10-12,15-16H2,(H2,22,24,25,28). The molecule has 7 nitrogen and oxygen atoms in total. The number of aromatic nitrogens is 1. The van der Waals surface area contributed by atoms with E-state index in [4.69, 9.17) is 0 Å². The summed E-state index contributed by atoms with van der Waals surface area (Å²) in [5, 5.41) is 8.99. The van der Waals surface area contributed by atoms with Crippen LogP contribution in [-0.4, -0.2) is 54.0 Å². The molecule has 3 heterocycles. The first kappa shape index (κ1) is 20.6. The van der Waals surface area contributed by atoms with Crippen LogP contribution in [0.4, 0.5) is 10.5 Å². The number of pyridine rings is 1. The molecular weight excluding hydrogens is 354 g/mol. The minimum absolute atomic E-state index is 0.0713. The summed E-state index contributed by atoms with van der Waals surface area (Å²) in [6, 6.07) is 3.43. The highest BCUT2D eigenvalue weighted by Gasteiger charge is 2.31. The van der Waals surface area contributed by atoms with E-state index in [1.54, 1.807) is 24.5 Å². The number of nitrogens with one attached hydrogen (secondary N) is 3. The molecule has 2 fully saturated rings. The highest BCUT2D eigenvalue weighted by molar-refractivity contribution is 5.89. The molecule has 0 radical (unpaired) electrons. The molecule has 2 saturated heterocycles. The number of carbonyl (C=O) groups is 2. The third-order valence-corrected chi connectivity index (χ3v) is 5.72. The highest BCUT2D eigenvalue weighted by Crippen LogP contribution is 2.24. The van der Waals surface area contributed by atoms with Crippen molar-refractivity contribution < 1.29 is 9.59 Å². The third kappa shape index (κ3) is 6.48. The summed E-state index contributed by atoms with van der Waals surface area (Å²) in [4.78, 5) is 30.2. The van der Waals surface area contributed by atoms with Crippen molar-refractivity contribution in [2.75, 3.05) is 31.5 Å². The zero-order valence-corrected chi connectivity index (χ0v) is 16.7. The minimum Gasteiger partial charge on any atom is -0.341 e. The molecule has 0 bridgehead atoms. The molecule has 3 N–H and O–H groups in total. The van der Waals surface area contributed by atoms with E-state index >= 15 is 0 Å². The quantitative estimate of drug-likeness (QED) is 0.569. The molecule has 3 rings (SSSR count). The lowest BCUT2D eigenvalue weighted by Crippen LogP contribution is -2.42. The molecule has 0 aromatic carbocycles. The topological polar surface area (TPSA) is 86.4 Å². The van der Waals surface area contributed by atoms with E-state index in [1.165, 1.54) is 19.3 Å². The van der Waals surface area contributed by atoms with Crippen LogP contribution in [0.25, 0.3) is 0 Å². The van der Waals surface area contributed by atoms with Crippen LogP contribution < -0.4 is 16.0 Å². The summed E-state index contributed by atoms with van der Waals surface area (Å²) in [5.74, 6) is 0.978. The number of carbonyl (C=O) groups excluding carboxylic acids is 2. The number of urea groups is 1. The monoisotopic (exact) mass is 387 g/mol. The maximum atomic E-state index is 12.4. The number of hydrogen-bond acceptors (Lipinski definition) is 4. The molecule has 154 valence electrons. The Kier molecular flexibility index (Phi) is 8.08. The molecular formula is C21H33N5O2. The van der Waals surface area contributed by atoms with E-state index in [-0.39, 0.29) is 12.1 Å². The molecule has 2 aliphatic rings. The summed E-state index contributed by atoms with van der Waals surface area (Å²) < 4.78 is 0. The molecule has 7 heteroatoms. The summed E-state index contributed by atoms with van der Waals surface area (Å²) in [5.41, 5.74) is 0.750. The molecule has 2 aliphatic heterocycles. The van der Waals surface area contributed by atoms with Crippen LogP contribution in [0, 0.1) is 5.92 Å². The Morgan fingerprint density at radius 2 is 1.96 bits per heavy atom. The number of unbranched alkanes of at least 4 members (excludes halogenated alkanes) is 3. The second kappa shape index (κ2) is 11.0. The van der Waals surface area contributed by atoms with E-state index in [1.807, 2.05) is 0 Å². The predicted molar refractivity (Wildman–Crippen MR) is 110 cm³/mol. The van der Waals surface area contributed by atoms with Gasteiger partial charge < -0.3 is 20.9 Å². The van der Waals surface area contributed by atoms with Crippen LogP contribution in [-0.2, 0) is 4.79 Å². The SMILES string of the molecule is O=C(NCCCCCCC1CCN(C(=O)C2CCCN2)C1)Nc1ccncc1. The average molecular weight is 388 g/mol. The van der Waals surface area contributed by atoms with Crippen molar-refractivity contribution >= 4 is 17.6 Å². The van der Waals surface area contributed by atoms with E-state index in [0.29, 0.717) is 18.4 Å². The van der Waals surface area contributed by atoms with Crippen LogP contribution in [0.3, 0.4) is 0 Å². The summed E-state index contributed by atoms with van der Waals surface area (Å²) in [6.45, 7) is 3.54. The highest BCUT2D eigenvalue weighted by atomic mass is 16.2. The lowest BCUT2D eigenvalue weighted by molar-refractivity contribution is -0.132. The molecule has 1 aromatic rings. The Balaban J connectivity index is 1.18. The first-order valence-corrected chi connectivity index (χ1v) is 10.7. The molecule has 0 aliphatic carbocycles. The van der Waals surface area contributed by atoms with Gasteiger partial charge in [0.2, 0.25) is 5.91 Å². The zero-order valence-electron chi connectivity index (χ0n) is 16.7. The molecule has 0 saturated carbocycles. The van der Waals surface area contributed by atoms with Crippen LogP contribution in [0.15, 0.2) is 24.5 Å². The van der Waals surface area contributed by atoms with Crippen molar-refractivity contribution in [3.05, 3.63) is 24.5 Å².